The van der Waals surface area contributed by atoms with E-state index in [9.17, 15) is 0 Å². The fraction of sp³-hybridized carbons (Fsp3) is 0.583. The summed E-state index contributed by atoms with van der Waals surface area (Å²) in [6.07, 6.45) is 7.27. The number of hydrogen-bond donors (Lipinski definition) is 1. The van der Waals surface area contributed by atoms with Gasteiger partial charge in [0.15, 0.2) is 0 Å². The van der Waals surface area contributed by atoms with Gasteiger partial charge in [-0.1, -0.05) is 30.7 Å². The van der Waals surface area contributed by atoms with Crippen LogP contribution < -0.4 is 10.6 Å². The maximum absolute atomic E-state index is 5.97. The van der Waals surface area contributed by atoms with E-state index < -0.39 is 0 Å². The first-order valence-corrected chi connectivity index (χ1v) is 11.6. The minimum atomic E-state index is 0.0912. The molecule has 160 valence electrons. The van der Waals surface area contributed by atoms with Gasteiger partial charge in [0, 0.05) is 76.1 Å². The molecule has 0 spiro atoms. The van der Waals surface area contributed by atoms with Gasteiger partial charge in [-0.25, -0.2) is 9.97 Å². The van der Waals surface area contributed by atoms with E-state index in [2.05, 4.69) is 45.2 Å². The lowest BCUT2D eigenvalue weighted by molar-refractivity contribution is 0.120. The number of hydrogen-bond acceptors (Lipinski definition) is 6. The van der Waals surface area contributed by atoms with Gasteiger partial charge in [-0.05, 0) is 30.9 Å². The molecular weight excluding hydrogens is 372 g/mol. The molecule has 6 heteroatoms. The summed E-state index contributed by atoms with van der Waals surface area (Å²) in [7, 11) is 0. The van der Waals surface area contributed by atoms with Crippen LogP contribution in [-0.2, 0) is 19.5 Å². The number of nitrogens with two attached hydrogens (primary N) is 1. The third kappa shape index (κ3) is 4.22. The van der Waals surface area contributed by atoms with Crippen LogP contribution in [0.3, 0.4) is 0 Å². The van der Waals surface area contributed by atoms with Crippen molar-refractivity contribution in [3.63, 3.8) is 0 Å². The molecule has 6 nitrogen and oxygen atoms in total. The Kier molecular flexibility index (Phi) is 5.72. The van der Waals surface area contributed by atoms with Gasteiger partial charge in [-0.2, -0.15) is 0 Å². The van der Waals surface area contributed by atoms with Crippen LogP contribution in [-0.4, -0.2) is 58.5 Å². The molecule has 1 aromatic carbocycles. The van der Waals surface area contributed by atoms with Crippen molar-refractivity contribution in [3.05, 3.63) is 52.8 Å². The van der Waals surface area contributed by atoms with Crippen molar-refractivity contribution in [2.75, 3.05) is 37.6 Å². The Morgan fingerprint density at radius 1 is 1.07 bits per heavy atom. The Bertz CT molecular complexity index is 852. The molecule has 0 bridgehead atoms. The monoisotopic (exact) mass is 406 g/mol. The fourth-order valence-corrected chi connectivity index (χ4v) is 4.88. The van der Waals surface area contributed by atoms with Crippen molar-refractivity contribution in [1.82, 2.24) is 19.8 Å². The van der Waals surface area contributed by atoms with E-state index in [-0.39, 0.29) is 6.04 Å². The summed E-state index contributed by atoms with van der Waals surface area (Å²) in [5, 5.41) is 0. The van der Waals surface area contributed by atoms with Crippen LogP contribution in [0.25, 0.3) is 0 Å². The van der Waals surface area contributed by atoms with Gasteiger partial charge in [0.2, 0.25) is 5.95 Å². The molecule has 5 rings (SSSR count). The fourth-order valence-electron chi connectivity index (χ4n) is 4.88. The van der Waals surface area contributed by atoms with E-state index in [0.29, 0.717) is 0 Å². The van der Waals surface area contributed by atoms with Gasteiger partial charge in [-0.15, -0.1) is 0 Å². The number of aromatic nitrogens is 2. The second kappa shape index (κ2) is 8.61. The highest BCUT2D eigenvalue weighted by Gasteiger charge is 2.29. The molecule has 3 aliphatic rings. The topological polar surface area (TPSA) is 61.5 Å². The average Bonchev–Trinajstić information content (AvgIpc) is 2.73. The van der Waals surface area contributed by atoms with Crippen molar-refractivity contribution in [1.29, 1.82) is 0 Å². The molecule has 3 heterocycles. The smallest absolute Gasteiger partial charge is 0.225 e. The Labute approximate surface area is 180 Å². The molecule has 2 N–H and O–H groups in total. The SMILES string of the molecule is CC(N)c1ccc(CN2CCc3nc(N4CCN(C5CCC5)CC4)ncc3C2)cc1. The maximum atomic E-state index is 5.97. The predicted octanol–water partition coefficient (Wildman–Crippen LogP) is 2.73. The lowest BCUT2D eigenvalue weighted by atomic mass is 9.91. The molecular formula is C24H34N6. The Hall–Kier alpha value is -2.02. The molecule has 1 saturated carbocycles. The Morgan fingerprint density at radius 2 is 1.83 bits per heavy atom. The zero-order valence-corrected chi connectivity index (χ0v) is 18.1. The zero-order valence-electron chi connectivity index (χ0n) is 18.1. The third-order valence-electron chi connectivity index (χ3n) is 7.10. The van der Waals surface area contributed by atoms with Gasteiger partial charge >= 0.3 is 0 Å². The Morgan fingerprint density at radius 3 is 2.50 bits per heavy atom. The summed E-state index contributed by atoms with van der Waals surface area (Å²) >= 11 is 0. The van der Waals surface area contributed by atoms with E-state index in [4.69, 9.17) is 15.7 Å². The van der Waals surface area contributed by atoms with E-state index in [0.717, 1.165) is 64.2 Å². The van der Waals surface area contributed by atoms with Crippen LogP contribution in [0.1, 0.15) is 54.6 Å². The van der Waals surface area contributed by atoms with Gasteiger partial charge < -0.3 is 10.6 Å². The summed E-state index contributed by atoms with van der Waals surface area (Å²) in [5.41, 5.74) is 11.0. The lowest BCUT2D eigenvalue weighted by Gasteiger charge is -2.43. The summed E-state index contributed by atoms with van der Waals surface area (Å²) in [5.74, 6) is 0.932. The third-order valence-corrected chi connectivity index (χ3v) is 7.10. The first-order chi connectivity index (χ1) is 14.7. The van der Waals surface area contributed by atoms with Gasteiger partial charge in [0.1, 0.15) is 0 Å². The quantitative estimate of drug-likeness (QED) is 0.824. The standard InChI is InChI=1S/C24H34N6/c1-18(25)20-7-5-19(6-8-20)16-28-10-9-23-21(17-28)15-26-24(27-23)30-13-11-29(12-14-30)22-3-2-4-22/h5-8,15,18,22H,2-4,9-14,16-17,25H2,1H3. The van der Waals surface area contributed by atoms with Crippen molar-refractivity contribution in [3.8, 4) is 0 Å². The van der Waals surface area contributed by atoms with Crippen LogP contribution >= 0.6 is 0 Å². The first-order valence-electron chi connectivity index (χ1n) is 11.6. The second-order valence-electron chi connectivity index (χ2n) is 9.24. The number of nitrogens with zero attached hydrogens (tertiary/aromatic N) is 5. The summed E-state index contributed by atoms with van der Waals surface area (Å²) in [6, 6.07) is 9.65. The Balaban J connectivity index is 1.18. The molecule has 1 aliphatic carbocycles. The molecule has 1 saturated heterocycles. The van der Waals surface area contributed by atoms with Crippen molar-refractivity contribution in [2.45, 2.75) is 57.8 Å². The van der Waals surface area contributed by atoms with Crippen LogP contribution in [0.15, 0.2) is 30.5 Å². The lowest BCUT2D eigenvalue weighted by Crippen LogP contribution is -2.52. The van der Waals surface area contributed by atoms with E-state index in [1.807, 2.05) is 6.92 Å². The number of rotatable bonds is 5. The average molecular weight is 407 g/mol. The minimum Gasteiger partial charge on any atom is -0.338 e. The largest absolute Gasteiger partial charge is 0.338 e. The minimum absolute atomic E-state index is 0.0912. The highest BCUT2D eigenvalue weighted by atomic mass is 15.3. The van der Waals surface area contributed by atoms with Crippen molar-refractivity contribution in [2.24, 2.45) is 5.73 Å². The molecule has 1 atom stereocenters. The van der Waals surface area contributed by atoms with Crippen LogP contribution in [0, 0.1) is 0 Å². The molecule has 2 aliphatic heterocycles. The molecule has 1 aromatic heterocycles. The van der Waals surface area contributed by atoms with E-state index >= 15 is 0 Å². The number of benzene rings is 1. The zero-order chi connectivity index (χ0) is 20.5. The van der Waals surface area contributed by atoms with E-state index in [1.165, 1.54) is 41.6 Å². The molecule has 2 fully saturated rings. The van der Waals surface area contributed by atoms with E-state index in [1.54, 1.807) is 0 Å². The summed E-state index contributed by atoms with van der Waals surface area (Å²) < 4.78 is 0. The molecule has 0 radical (unpaired) electrons. The number of piperazine rings is 1. The molecule has 2 aromatic rings. The summed E-state index contributed by atoms with van der Waals surface area (Å²) in [6.45, 7) is 9.38. The first kappa shape index (κ1) is 19.9. The molecule has 0 amide bonds. The predicted molar refractivity (Wildman–Crippen MR) is 120 cm³/mol. The van der Waals surface area contributed by atoms with Crippen molar-refractivity contribution >= 4 is 5.95 Å². The van der Waals surface area contributed by atoms with Crippen molar-refractivity contribution < 1.29 is 0 Å². The molecule has 1 unspecified atom stereocenters. The van der Waals surface area contributed by atoms with Gasteiger partial charge in [0.25, 0.3) is 0 Å². The van der Waals surface area contributed by atoms with Gasteiger partial charge in [0.05, 0.1) is 5.69 Å². The van der Waals surface area contributed by atoms with Crippen LogP contribution in [0.4, 0.5) is 5.95 Å². The van der Waals surface area contributed by atoms with Gasteiger partial charge in [-0.3, -0.25) is 9.80 Å². The van der Waals surface area contributed by atoms with Crippen LogP contribution in [0.2, 0.25) is 0 Å². The second-order valence-corrected chi connectivity index (χ2v) is 9.24. The maximum Gasteiger partial charge on any atom is 0.225 e. The molecule has 30 heavy (non-hydrogen) atoms. The normalized spacial score (nSPS) is 21.9. The number of anilines is 1. The highest BCUT2D eigenvalue weighted by Crippen LogP contribution is 2.27. The highest BCUT2D eigenvalue weighted by molar-refractivity contribution is 5.35. The van der Waals surface area contributed by atoms with Crippen LogP contribution in [0.5, 0.6) is 0 Å². The summed E-state index contributed by atoms with van der Waals surface area (Å²) in [4.78, 5) is 17.2. The number of fused-ring (bicyclic) bond motifs is 1.